The van der Waals surface area contributed by atoms with E-state index in [9.17, 15) is 0 Å². The summed E-state index contributed by atoms with van der Waals surface area (Å²) in [6, 6.07) is 18.1. The largest absolute Gasteiger partial charge is 0.497 e. The van der Waals surface area contributed by atoms with Crippen molar-refractivity contribution in [2.75, 3.05) is 18.7 Å². The molecular weight excluding hydrogens is 320 g/mol. The molecule has 5 nitrogen and oxygen atoms in total. The summed E-state index contributed by atoms with van der Waals surface area (Å²) in [5, 5.41) is 9.13. The second kappa shape index (κ2) is 7.88. The van der Waals surface area contributed by atoms with Crippen LogP contribution in [0.1, 0.15) is 12.0 Å². The van der Waals surface area contributed by atoms with Gasteiger partial charge in [0.15, 0.2) is 5.82 Å². The number of nitrogens with two attached hydrogens (primary N) is 1. The van der Waals surface area contributed by atoms with Crippen molar-refractivity contribution in [3.05, 3.63) is 60.2 Å². The van der Waals surface area contributed by atoms with E-state index >= 15 is 0 Å². The third-order valence-electron chi connectivity index (χ3n) is 3.70. The topological polar surface area (TPSA) is 66.0 Å². The minimum absolute atomic E-state index is 0.656. The monoisotopic (exact) mass is 340 g/mol. The van der Waals surface area contributed by atoms with Crippen LogP contribution in [0.25, 0.3) is 11.4 Å². The highest BCUT2D eigenvalue weighted by molar-refractivity contribution is 7.99. The van der Waals surface area contributed by atoms with E-state index in [1.54, 1.807) is 23.5 Å². The number of hydrogen-bond acceptors (Lipinski definition) is 5. The van der Waals surface area contributed by atoms with Gasteiger partial charge in [-0.25, -0.2) is 4.68 Å². The predicted molar refractivity (Wildman–Crippen MR) is 97.6 cm³/mol. The minimum atomic E-state index is 0.656. The number of thioether (sulfide) groups is 1. The van der Waals surface area contributed by atoms with Crippen LogP contribution in [0.5, 0.6) is 5.75 Å². The van der Waals surface area contributed by atoms with Gasteiger partial charge in [0.05, 0.1) is 7.11 Å². The number of nitrogen functional groups attached to an aromatic ring is 1. The highest BCUT2D eigenvalue weighted by atomic mass is 32.2. The van der Waals surface area contributed by atoms with E-state index in [0.29, 0.717) is 5.82 Å². The zero-order valence-corrected chi connectivity index (χ0v) is 14.4. The van der Waals surface area contributed by atoms with Gasteiger partial charge in [0.2, 0.25) is 5.16 Å². The molecule has 0 saturated heterocycles. The maximum atomic E-state index is 6.14. The first kappa shape index (κ1) is 16.4. The third-order valence-corrected chi connectivity index (χ3v) is 4.73. The Bertz CT molecular complexity index is 771. The van der Waals surface area contributed by atoms with Crippen molar-refractivity contribution in [3.63, 3.8) is 0 Å². The van der Waals surface area contributed by atoms with Crippen LogP contribution in [0.2, 0.25) is 0 Å². The normalized spacial score (nSPS) is 10.7. The van der Waals surface area contributed by atoms with Gasteiger partial charge in [0.25, 0.3) is 0 Å². The zero-order valence-electron chi connectivity index (χ0n) is 13.6. The van der Waals surface area contributed by atoms with Gasteiger partial charge in [-0.15, -0.1) is 10.2 Å². The van der Waals surface area contributed by atoms with Crippen LogP contribution in [0.4, 0.5) is 0 Å². The lowest BCUT2D eigenvalue weighted by atomic mass is 10.1. The van der Waals surface area contributed by atoms with Gasteiger partial charge in [0, 0.05) is 11.3 Å². The number of hydrogen-bond donors (Lipinski definition) is 1. The molecule has 24 heavy (non-hydrogen) atoms. The third kappa shape index (κ3) is 3.89. The molecule has 124 valence electrons. The first-order valence-corrected chi connectivity index (χ1v) is 8.78. The maximum Gasteiger partial charge on any atom is 0.210 e. The van der Waals surface area contributed by atoms with Crippen LogP contribution in [-0.4, -0.2) is 27.7 Å². The summed E-state index contributed by atoms with van der Waals surface area (Å²) >= 11 is 1.63. The highest BCUT2D eigenvalue weighted by Crippen LogP contribution is 2.24. The smallest absolute Gasteiger partial charge is 0.210 e. The molecule has 0 saturated carbocycles. The van der Waals surface area contributed by atoms with Crippen molar-refractivity contribution < 1.29 is 4.74 Å². The molecule has 0 bridgehead atoms. The molecule has 3 rings (SSSR count). The van der Waals surface area contributed by atoms with Crippen molar-refractivity contribution >= 4 is 11.8 Å². The molecule has 0 amide bonds. The van der Waals surface area contributed by atoms with Gasteiger partial charge >= 0.3 is 0 Å². The summed E-state index contributed by atoms with van der Waals surface area (Å²) in [4.78, 5) is 0. The highest BCUT2D eigenvalue weighted by Gasteiger charge is 2.12. The Morgan fingerprint density at radius 1 is 1.04 bits per heavy atom. The fraction of sp³-hybridized carbons (Fsp3) is 0.222. The molecule has 0 aliphatic rings. The summed E-state index contributed by atoms with van der Waals surface area (Å²) in [6.45, 7) is 0. The molecule has 6 heteroatoms. The Labute approximate surface area is 145 Å². The zero-order chi connectivity index (χ0) is 16.8. The lowest BCUT2D eigenvalue weighted by Crippen LogP contribution is -2.11. The molecule has 0 aliphatic heterocycles. The first-order chi connectivity index (χ1) is 11.8. The van der Waals surface area contributed by atoms with Gasteiger partial charge in [-0.05, 0) is 42.7 Å². The number of methoxy groups -OCH3 is 1. The Balaban J connectivity index is 1.58. The molecule has 0 atom stereocenters. The number of nitrogens with zero attached hydrogens (tertiary/aromatic N) is 3. The Hall–Kier alpha value is -2.47. The average Bonchev–Trinajstić information content (AvgIpc) is 3.00. The van der Waals surface area contributed by atoms with Crippen molar-refractivity contribution in [3.8, 4) is 17.1 Å². The van der Waals surface area contributed by atoms with Crippen LogP contribution in [-0.2, 0) is 6.42 Å². The van der Waals surface area contributed by atoms with Gasteiger partial charge in [-0.3, -0.25) is 0 Å². The second-order valence-corrected chi connectivity index (χ2v) is 6.40. The maximum absolute atomic E-state index is 6.14. The van der Waals surface area contributed by atoms with E-state index in [2.05, 4.69) is 34.5 Å². The van der Waals surface area contributed by atoms with E-state index in [0.717, 1.165) is 35.1 Å². The fourth-order valence-electron chi connectivity index (χ4n) is 2.40. The number of aromatic nitrogens is 3. The van der Waals surface area contributed by atoms with Crippen LogP contribution in [0.3, 0.4) is 0 Å². The fourth-order valence-corrected chi connectivity index (χ4v) is 3.19. The van der Waals surface area contributed by atoms with Gasteiger partial charge < -0.3 is 10.6 Å². The molecule has 3 aromatic rings. The van der Waals surface area contributed by atoms with Crippen LogP contribution < -0.4 is 10.6 Å². The minimum Gasteiger partial charge on any atom is -0.497 e. The molecule has 0 spiro atoms. The van der Waals surface area contributed by atoms with Crippen molar-refractivity contribution in [1.29, 1.82) is 0 Å². The van der Waals surface area contributed by atoms with E-state index < -0.39 is 0 Å². The predicted octanol–water partition coefficient (Wildman–Crippen LogP) is 3.39. The Morgan fingerprint density at radius 2 is 1.79 bits per heavy atom. The van der Waals surface area contributed by atoms with Crippen molar-refractivity contribution in [2.24, 2.45) is 0 Å². The summed E-state index contributed by atoms with van der Waals surface area (Å²) in [6.07, 6.45) is 2.12. The first-order valence-electron chi connectivity index (χ1n) is 7.79. The van der Waals surface area contributed by atoms with Gasteiger partial charge in [0.1, 0.15) is 5.75 Å². The van der Waals surface area contributed by atoms with Crippen LogP contribution >= 0.6 is 11.8 Å². The van der Waals surface area contributed by atoms with E-state index in [4.69, 9.17) is 10.6 Å². The summed E-state index contributed by atoms with van der Waals surface area (Å²) in [5.74, 6) is 8.55. The number of benzene rings is 2. The van der Waals surface area contributed by atoms with Crippen molar-refractivity contribution in [2.45, 2.75) is 18.0 Å². The summed E-state index contributed by atoms with van der Waals surface area (Å²) in [5.41, 5.74) is 2.27. The van der Waals surface area contributed by atoms with E-state index in [1.165, 1.54) is 5.56 Å². The quantitative estimate of drug-likeness (QED) is 0.406. The molecular formula is C18H20N4OS. The Kier molecular flexibility index (Phi) is 5.38. The second-order valence-electron chi connectivity index (χ2n) is 5.34. The molecule has 1 heterocycles. The molecule has 0 unspecified atom stereocenters. The number of rotatable bonds is 7. The van der Waals surface area contributed by atoms with Crippen molar-refractivity contribution in [1.82, 2.24) is 14.9 Å². The SMILES string of the molecule is COc1ccc(-c2nnc(SCCCc3ccccc3)n2N)cc1. The van der Waals surface area contributed by atoms with E-state index in [-0.39, 0.29) is 0 Å². The summed E-state index contributed by atoms with van der Waals surface area (Å²) in [7, 11) is 1.64. The van der Waals surface area contributed by atoms with Crippen LogP contribution in [0.15, 0.2) is 59.8 Å². The molecule has 2 N–H and O–H groups in total. The van der Waals surface area contributed by atoms with E-state index in [1.807, 2.05) is 30.3 Å². The lowest BCUT2D eigenvalue weighted by molar-refractivity contribution is 0.415. The standard InChI is InChI=1S/C18H20N4OS/c1-23-16-11-9-15(10-12-16)17-20-21-18(22(17)19)24-13-5-8-14-6-3-2-4-7-14/h2-4,6-7,9-12H,5,8,13,19H2,1H3. The average molecular weight is 340 g/mol. The molecule has 0 fully saturated rings. The Morgan fingerprint density at radius 3 is 2.50 bits per heavy atom. The van der Waals surface area contributed by atoms with Crippen LogP contribution in [0, 0.1) is 0 Å². The summed E-state index contributed by atoms with van der Waals surface area (Å²) < 4.78 is 6.71. The molecule has 2 aromatic carbocycles. The van der Waals surface area contributed by atoms with Gasteiger partial charge in [-0.1, -0.05) is 42.1 Å². The molecule has 0 radical (unpaired) electrons. The lowest BCUT2D eigenvalue weighted by Gasteiger charge is -2.05. The molecule has 1 aromatic heterocycles. The molecule has 0 aliphatic carbocycles. The number of ether oxygens (including phenoxy) is 1. The van der Waals surface area contributed by atoms with Gasteiger partial charge in [-0.2, -0.15) is 0 Å². The number of aryl methyl sites for hydroxylation is 1.